The van der Waals surface area contributed by atoms with E-state index in [4.69, 9.17) is 5.26 Å². The molecule has 0 saturated carbocycles. The first kappa shape index (κ1) is 12.1. The summed E-state index contributed by atoms with van der Waals surface area (Å²) in [6.07, 6.45) is 0. The molecule has 0 atom stereocenters. The van der Waals surface area contributed by atoms with Crippen LogP contribution in [0, 0.1) is 17.1 Å². The lowest BCUT2D eigenvalue weighted by Gasteiger charge is -2.07. The second kappa shape index (κ2) is 5.28. The lowest BCUT2D eigenvalue weighted by atomic mass is 10.1. The van der Waals surface area contributed by atoms with Crippen LogP contribution in [0.15, 0.2) is 36.4 Å². The molecule has 0 saturated heterocycles. The zero-order chi connectivity index (χ0) is 13.0. The molecule has 3 nitrogen and oxygen atoms in total. The fraction of sp³-hybridized carbons (Fsp3) is 0.143. The Bertz CT molecular complexity index is 602. The van der Waals surface area contributed by atoms with Crippen LogP contribution in [0.4, 0.5) is 10.2 Å². The van der Waals surface area contributed by atoms with Gasteiger partial charge in [0.25, 0.3) is 0 Å². The van der Waals surface area contributed by atoms with E-state index in [0.717, 1.165) is 0 Å². The summed E-state index contributed by atoms with van der Waals surface area (Å²) in [5.74, 6) is 0.227. The van der Waals surface area contributed by atoms with Gasteiger partial charge in [0, 0.05) is 12.1 Å². The highest BCUT2D eigenvalue weighted by Crippen LogP contribution is 2.22. The largest absolute Gasteiger partial charge is 0.369 e. The molecular formula is C14H12FN3. The van der Waals surface area contributed by atoms with Crippen LogP contribution in [0.3, 0.4) is 0 Å². The maximum absolute atomic E-state index is 13.2. The quantitative estimate of drug-likeness (QED) is 0.897. The molecule has 1 aromatic carbocycles. The topological polar surface area (TPSA) is 48.7 Å². The van der Waals surface area contributed by atoms with Crippen LogP contribution in [0.5, 0.6) is 0 Å². The van der Waals surface area contributed by atoms with Gasteiger partial charge in [-0.25, -0.2) is 9.37 Å². The second-order valence-electron chi connectivity index (χ2n) is 3.75. The van der Waals surface area contributed by atoms with Gasteiger partial charge in [-0.2, -0.15) is 5.26 Å². The van der Waals surface area contributed by atoms with Gasteiger partial charge >= 0.3 is 0 Å². The van der Waals surface area contributed by atoms with Crippen molar-refractivity contribution in [2.45, 2.75) is 6.92 Å². The van der Waals surface area contributed by atoms with Gasteiger partial charge in [0.2, 0.25) is 0 Å². The number of benzene rings is 1. The smallest absolute Gasteiger partial charge is 0.144 e. The van der Waals surface area contributed by atoms with Crippen molar-refractivity contribution in [1.82, 2.24) is 4.98 Å². The second-order valence-corrected chi connectivity index (χ2v) is 3.75. The maximum Gasteiger partial charge on any atom is 0.144 e. The third-order valence-electron chi connectivity index (χ3n) is 2.48. The summed E-state index contributed by atoms with van der Waals surface area (Å²) in [4.78, 5) is 4.34. The van der Waals surface area contributed by atoms with E-state index in [-0.39, 0.29) is 5.82 Å². The first-order chi connectivity index (χ1) is 8.74. The number of nitrogens with one attached hydrogen (secondary N) is 1. The Labute approximate surface area is 105 Å². The van der Waals surface area contributed by atoms with Crippen molar-refractivity contribution in [3.63, 3.8) is 0 Å². The van der Waals surface area contributed by atoms with E-state index in [9.17, 15) is 4.39 Å². The van der Waals surface area contributed by atoms with E-state index in [1.807, 2.05) is 6.92 Å². The number of rotatable bonds is 3. The molecular weight excluding hydrogens is 229 g/mol. The Kier molecular flexibility index (Phi) is 3.54. The van der Waals surface area contributed by atoms with Crippen molar-refractivity contribution >= 4 is 5.82 Å². The van der Waals surface area contributed by atoms with Crippen molar-refractivity contribution in [2.75, 3.05) is 11.9 Å². The predicted molar refractivity (Wildman–Crippen MR) is 68.5 cm³/mol. The van der Waals surface area contributed by atoms with Crippen molar-refractivity contribution < 1.29 is 4.39 Å². The molecule has 0 bridgehead atoms. The Morgan fingerprint density at radius 3 is 2.83 bits per heavy atom. The van der Waals surface area contributed by atoms with Crippen LogP contribution in [-0.2, 0) is 0 Å². The maximum atomic E-state index is 13.2. The molecule has 1 heterocycles. The van der Waals surface area contributed by atoms with Gasteiger partial charge in [-0.15, -0.1) is 0 Å². The molecule has 0 spiro atoms. The molecule has 18 heavy (non-hydrogen) atoms. The van der Waals surface area contributed by atoms with E-state index in [0.29, 0.717) is 29.2 Å². The first-order valence-corrected chi connectivity index (χ1v) is 5.65. The highest BCUT2D eigenvalue weighted by molar-refractivity contribution is 5.64. The molecule has 0 unspecified atom stereocenters. The normalized spacial score (nSPS) is 9.83. The molecule has 1 aromatic heterocycles. The number of nitrogens with zero attached hydrogens (tertiary/aromatic N) is 2. The van der Waals surface area contributed by atoms with E-state index < -0.39 is 0 Å². The Hall–Kier alpha value is -2.41. The molecule has 0 aliphatic rings. The van der Waals surface area contributed by atoms with Gasteiger partial charge in [-0.1, -0.05) is 12.1 Å². The van der Waals surface area contributed by atoms with Crippen LogP contribution < -0.4 is 5.32 Å². The van der Waals surface area contributed by atoms with Gasteiger partial charge in [-0.3, -0.25) is 0 Å². The summed E-state index contributed by atoms with van der Waals surface area (Å²) in [5.41, 5.74) is 1.82. The van der Waals surface area contributed by atoms with Crippen LogP contribution in [0.1, 0.15) is 12.5 Å². The minimum Gasteiger partial charge on any atom is -0.369 e. The molecule has 1 N–H and O–H groups in total. The number of nitriles is 1. The van der Waals surface area contributed by atoms with Crippen LogP contribution in [0.25, 0.3) is 11.3 Å². The van der Waals surface area contributed by atoms with Crippen molar-refractivity contribution in [3.05, 3.63) is 47.8 Å². The van der Waals surface area contributed by atoms with E-state index in [1.54, 1.807) is 24.3 Å². The van der Waals surface area contributed by atoms with Gasteiger partial charge in [0.15, 0.2) is 0 Å². The predicted octanol–water partition coefficient (Wildman–Crippen LogP) is 3.19. The van der Waals surface area contributed by atoms with E-state index >= 15 is 0 Å². The molecule has 0 aliphatic carbocycles. The molecule has 4 heteroatoms. The van der Waals surface area contributed by atoms with Crippen LogP contribution >= 0.6 is 0 Å². The number of halogens is 1. The molecule has 0 aliphatic heterocycles. The third kappa shape index (κ3) is 2.46. The summed E-state index contributed by atoms with van der Waals surface area (Å²) < 4.78 is 13.2. The number of hydrogen-bond acceptors (Lipinski definition) is 3. The summed E-state index contributed by atoms with van der Waals surface area (Å²) in [5, 5.41) is 12.0. The molecule has 0 fully saturated rings. The van der Waals surface area contributed by atoms with Crippen LogP contribution in [0.2, 0.25) is 0 Å². The monoisotopic (exact) mass is 241 g/mol. The van der Waals surface area contributed by atoms with Crippen molar-refractivity contribution in [2.24, 2.45) is 0 Å². The fourth-order valence-corrected chi connectivity index (χ4v) is 1.66. The highest BCUT2D eigenvalue weighted by atomic mass is 19.1. The lowest BCUT2D eigenvalue weighted by molar-refractivity contribution is 0.628. The average molecular weight is 241 g/mol. The minimum absolute atomic E-state index is 0.302. The third-order valence-corrected chi connectivity index (χ3v) is 2.48. The summed E-state index contributed by atoms with van der Waals surface area (Å²) in [6.45, 7) is 2.60. The van der Waals surface area contributed by atoms with E-state index in [1.165, 1.54) is 12.1 Å². The summed E-state index contributed by atoms with van der Waals surface area (Å²) in [7, 11) is 0. The molecule has 90 valence electrons. The summed E-state index contributed by atoms with van der Waals surface area (Å²) >= 11 is 0. The number of hydrogen-bond donors (Lipinski definition) is 1. The number of aromatic nitrogens is 1. The number of anilines is 1. The first-order valence-electron chi connectivity index (χ1n) is 5.65. The zero-order valence-electron chi connectivity index (χ0n) is 9.94. The van der Waals surface area contributed by atoms with Gasteiger partial charge in [0.1, 0.15) is 17.7 Å². The van der Waals surface area contributed by atoms with Crippen molar-refractivity contribution in [3.8, 4) is 17.3 Å². The SMILES string of the molecule is CCNc1nc(-c2cccc(F)c2)ccc1C#N. The summed E-state index contributed by atoms with van der Waals surface area (Å²) in [6, 6.07) is 11.7. The highest BCUT2D eigenvalue weighted by Gasteiger charge is 2.06. The van der Waals surface area contributed by atoms with Crippen LogP contribution in [-0.4, -0.2) is 11.5 Å². The number of pyridine rings is 1. The standard InChI is InChI=1S/C14H12FN3/c1-2-17-14-11(9-16)6-7-13(18-14)10-4-3-5-12(15)8-10/h3-8H,2H2,1H3,(H,17,18). The molecule has 2 aromatic rings. The van der Waals surface area contributed by atoms with Crippen molar-refractivity contribution in [1.29, 1.82) is 5.26 Å². The average Bonchev–Trinajstić information content (AvgIpc) is 2.39. The molecule has 0 radical (unpaired) electrons. The van der Waals surface area contributed by atoms with Gasteiger partial charge in [0.05, 0.1) is 11.3 Å². The zero-order valence-corrected chi connectivity index (χ0v) is 9.94. The van der Waals surface area contributed by atoms with Gasteiger partial charge < -0.3 is 5.32 Å². The Balaban J connectivity index is 2.47. The van der Waals surface area contributed by atoms with Gasteiger partial charge in [-0.05, 0) is 31.2 Å². The lowest BCUT2D eigenvalue weighted by Crippen LogP contribution is -2.02. The Morgan fingerprint density at radius 1 is 1.33 bits per heavy atom. The molecule has 0 amide bonds. The fourth-order valence-electron chi connectivity index (χ4n) is 1.66. The minimum atomic E-state index is -0.302. The van der Waals surface area contributed by atoms with E-state index in [2.05, 4.69) is 16.4 Å². The Morgan fingerprint density at radius 2 is 2.17 bits per heavy atom. The molecule has 2 rings (SSSR count).